The Morgan fingerprint density at radius 2 is 1.90 bits per heavy atom. The van der Waals surface area contributed by atoms with Gasteiger partial charge in [0.25, 0.3) is 0 Å². The third-order valence-electron chi connectivity index (χ3n) is 1.01. The summed E-state index contributed by atoms with van der Waals surface area (Å²) in [6.07, 6.45) is 1.50. The molecular weight excluding hydrogens is 126 g/mol. The molecule has 0 saturated heterocycles. The van der Waals surface area contributed by atoms with E-state index < -0.39 is 0 Å². The van der Waals surface area contributed by atoms with Gasteiger partial charge >= 0.3 is 0 Å². The maximum absolute atomic E-state index is 9.11. The number of hydrogen-bond donors (Lipinski definition) is 1. The highest BCUT2D eigenvalue weighted by Gasteiger charge is 1.89. The van der Waals surface area contributed by atoms with Gasteiger partial charge in [0.05, 0.1) is 6.21 Å². The molecule has 0 rings (SSSR count). The highest BCUT2D eigenvalue weighted by atomic mass is 16.3. The van der Waals surface area contributed by atoms with E-state index in [4.69, 9.17) is 5.11 Å². The monoisotopic (exact) mass is 141 g/mol. The number of aliphatic imine (C=N–C) groups is 1. The van der Waals surface area contributed by atoms with Crippen molar-refractivity contribution in [3.05, 3.63) is 11.3 Å². The van der Waals surface area contributed by atoms with Crippen LogP contribution in [-0.2, 0) is 0 Å². The van der Waals surface area contributed by atoms with Gasteiger partial charge in [-0.15, -0.1) is 0 Å². The molecule has 1 N–H and O–H groups in total. The van der Waals surface area contributed by atoms with Gasteiger partial charge in [0.2, 0.25) is 0 Å². The molecule has 2 heteroatoms. The standard InChI is InChI=1S/C8H15NO/c1-6(2)8(10)5-9-7(3)4/h5,7,10H,1-4H3. The van der Waals surface area contributed by atoms with Crippen molar-refractivity contribution in [3.8, 4) is 0 Å². The summed E-state index contributed by atoms with van der Waals surface area (Å²) in [7, 11) is 0. The van der Waals surface area contributed by atoms with E-state index in [0.29, 0.717) is 0 Å². The van der Waals surface area contributed by atoms with Crippen LogP contribution in [0.3, 0.4) is 0 Å². The summed E-state index contributed by atoms with van der Waals surface area (Å²) in [6.45, 7) is 7.63. The van der Waals surface area contributed by atoms with Gasteiger partial charge in [-0.25, -0.2) is 0 Å². The van der Waals surface area contributed by atoms with Gasteiger partial charge in [0.1, 0.15) is 5.76 Å². The van der Waals surface area contributed by atoms with Crippen LogP contribution in [0.5, 0.6) is 0 Å². The molecule has 0 spiro atoms. The van der Waals surface area contributed by atoms with Crippen molar-refractivity contribution in [2.24, 2.45) is 4.99 Å². The van der Waals surface area contributed by atoms with E-state index in [9.17, 15) is 0 Å². The van der Waals surface area contributed by atoms with Gasteiger partial charge in [-0.2, -0.15) is 0 Å². The van der Waals surface area contributed by atoms with Gasteiger partial charge in [-0.1, -0.05) is 0 Å². The molecule has 0 aromatic heterocycles. The number of nitrogens with zero attached hydrogens (tertiary/aromatic N) is 1. The molecule has 0 bridgehead atoms. The zero-order chi connectivity index (χ0) is 8.15. The molecule has 0 heterocycles. The Balaban J connectivity index is 4.03. The smallest absolute Gasteiger partial charge is 0.132 e. The number of allylic oxidation sites excluding steroid dienone is 2. The van der Waals surface area contributed by atoms with E-state index in [0.717, 1.165) is 5.57 Å². The predicted molar refractivity (Wildman–Crippen MR) is 44.6 cm³/mol. The second-order valence-corrected chi connectivity index (χ2v) is 2.76. The molecule has 0 aromatic carbocycles. The van der Waals surface area contributed by atoms with Crippen LogP contribution < -0.4 is 0 Å². The van der Waals surface area contributed by atoms with Crippen molar-refractivity contribution >= 4 is 6.21 Å². The lowest BCUT2D eigenvalue weighted by molar-refractivity contribution is 0.439. The number of hydrogen-bond acceptors (Lipinski definition) is 2. The molecule has 0 saturated carbocycles. The largest absolute Gasteiger partial charge is 0.506 e. The normalized spacial score (nSPS) is 10.9. The average molecular weight is 141 g/mol. The first kappa shape index (κ1) is 9.21. The first-order valence-electron chi connectivity index (χ1n) is 3.43. The Kier molecular flexibility index (Phi) is 3.77. The number of aliphatic hydroxyl groups is 1. The van der Waals surface area contributed by atoms with E-state index >= 15 is 0 Å². The van der Waals surface area contributed by atoms with Gasteiger partial charge in [0, 0.05) is 6.04 Å². The molecule has 58 valence electrons. The Morgan fingerprint density at radius 1 is 1.40 bits per heavy atom. The lowest BCUT2D eigenvalue weighted by atomic mass is 10.3. The summed E-state index contributed by atoms with van der Waals surface area (Å²) in [5.74, 6) is 0.272. The van der Waals surface area contributed by atoms with Gasteiger partial charge in [-0.3, -0.25) is 4.99 Å². The highest BCUT2D eigenvalue weighted by molar-refractivity contribution is 5.76. The number of rotatable bonds is 2. The Labute approximate surface area is 62.3 Å². The quantitative estimate of drug-likeness (QED) is 0.464. The second-order valence-electron chi connectivity index (χ2n) is 2.76. The zero-order valence-electron chi connectivity index (χ0n) is 7.05. The van der Waals surface area contributed by atoms with Crippen LogP contribution in [0.4, 0.5) is 0 Å². The molecule has 0 unspecified atom stereocenters. The van der Waals surface area contributed by atoms with E-state index in [1.165, 1.54) is 6.21 Å². The Bertz CT molecular complexity index is 153. The molecule has 0 aliphatic rings. The van der Waals surface area contributed by atoms with E-state index in [-0.39, 0.29) is 11.8 Å². The molecule has 0 radical (unpaired) electrons. The van der Waals surface area contributed by atoms with Crippen LogP contribution in [-0.4, -0.2) is 17.4 Å². The van der Waals surface area contributed by atoms with Gasteiger partial charge in [-0.05, 0) is 33.3 Å². The van der Waals surface area contributed by atoms with Crippen molar-refractivity contribution in [3.63, 3.8) is 0 Å². The summed E-state index contributed by atoms with van der Waals surface area (Å²) in [4.78, 5) is 4.01. The minimum absolute atomic E-state index is 0.251. The van der Waals surface area contributed by atoms with Crippen molar-refractivity contribution < 1.29 is 5.11 Å². The average Bonchev–Trinajstić information content (AvgIpc) is 1.82. The lowest BCUT2D eigenvalue weighted by Crippen LogP contribution is -1.92. The van der Waals surface area contributed by atoms with E-state index in [2.05, 4.69) is 4.99 Å². The van der Waals surface area contributed by atoms with Crippen LogP contribution in [0.2, 0.25) is 0 Å². The fourth-order valence-corrected chi connectivity index (χ4v) is 0.349. The SMILES string of the molecule is CC(C)=C(O)C=NC(C)C. The predicted octanol–water partition coefficient (Wildman–Crippen LogP) is 2.32. The molecule has 10 heavy (non-hydrogen) atoms. The third kappa shape index (κ3) is 4.13. The second kappa shape index (κ2) is 4.09. The molecule has 2 nitrogen and oxygen atoms in total. The first-order valence-corrected chi connectivity index (χ1v) is 3.43. The minimum atomic E-state index is 0.251. The summed E-state index contributed by atoms with van der Waals surface area (Å²) in [6, 6.07) is 0.251. The molecule has 0 aliphatic carbocycles. The number of aliphatic hydroxyl groups excluding tert-OH is 1. The summed E-state index contributed by atoms with van der Waals surface area (Å²) in [5.41, 5.74) is 0.893. The van der Waals surface area contributed by atoms with Crippen molar-refractivity contribution in [1.29, 1.82) is 0 Å². The Hall–Kier alpha value is -0.790. The molecule has 0 amide bonds. The van der Waals surface area contributed by atoms with Crippen LogP contribution >= 0.6 is 0 Å². The third-order valence-corrected chi connectivity index (χ3v) is 1.01. The zero-order valence-corrected chi connectivity index (χ0v) is 7.05. The first-order chi connectivity index (χ1) is 4.54. The summed E-state index contributed by atoms with van der Waals surface area (Å²) < 4.78 is 0. The van der Waals surface area contributed by atoms with Crippen molar-refractivity contribution in [1.82, 2.24) is 0 Å². The molecule has 0 aliphatic heterocycles. The molecular formula is C8H15NO. The highest BCUT2D eigenvalue weighted by Crippen LogP contribution is 1.96. The minimum Gasteiger partial charge on any atom is -0.506 e. The van der Waals surface area contributed by atoms with Crippen molar-refractivity contribution in [2.45, 2.75) is 33.7 Å². The van der Waals surface area contributed by atoms with Gasteiger partial charge < -0.3 is 5.11 Å². The van der Waals surface area contributed by atoms with E-state index in [1.807, 2.05) is 27.7 Å². The summed E-state index contributed by atoms with van der Waals surface area (Å²) >= 11 is 0. The molecule has 0 aromatic rings. The topological polar surface area (TPSA) is 32.6 Å². The van der Waals surface area contributed by atoms with Crippen LogP contribution in [0.25, 0.3) is 0 Å². The lowest BCUT2D eigenvalue weighted by Gasteiger charge is -1.95. The van der Waals surface area contributed by atoms with E-state index in [1.54, 1.807) is 0 Å². The molecule has 0 fully saturated rings. The van der Waals surface area contributed by atoms with Crippen molar-refractivity contribution in [2.75, 3.05) is 0 Å². The van der Waals surface area contributed by atoms with Crippen LogP contribution in [0.15, 0.2) is 16.3 Å². The maximum atomic E-state index is 9.11. The van der Waals surface area contributed by atoms with Crippen LogP contribution in [0.1, 0.15) is 27.7 Å². The van der Waals surface area contributed by atoms with Crippen LogP contribution in [0, 0.1) is 0 Å². The Morgan fingerprint density at radius 3 is 2.20 bits per heavy atom. The van der Waals surface area contributed by atoms with Gasteiger partial charge in [0.15, 0.2) is 0 Å². The molecule has 0 atom stereocenters. The maximum Gasteiger partial charge on any atom is 0.132 e. The fourth-order valence-electron chi connectivity index (χ4n) is 0.349. The fraction of sp³-hybridized carbons (Fsp3) is 0.625. The summed E-state index contributed by atoms with van der Waals surface area (Å²) in [5, 5.41) is 9.11.